The normalized spacial score (nSPS) is 11.9. The molecule has 3 rings (SSSR count). The zero-order valence-electron chi connectivity index (χ0n) is 16.1. The van der Waals surface area contributed by atoms with E-state index in [9.17, 15) is 31.5 Å². The van der Waals surface area contributed by atoms with Gasteiger partial charge in [-0.15, -0.1) is 0 Å². The number of sulfone groups is 1. The fourth-order valence-electron chi connectivity index (χ4n) is 3.04. The summed E-state index contributed by atoms with van der Waals surface area (Å²) in [6.45, 7) is 0. The van der Waals surface area contributed by atoms with Gasteiger partial charge in [-0.3, -0.25) is 4.98 Å². The van der Waals surface area contributed by atoms with E-state index in [1.165, 1.54) is 37.7 Å². The average Bonchev–Trinajstić information content (AvgIpc) is 2.73. The molecule has 0 aliphatic heterocycles. The van der Waals surface area contributed by atoms with E-state index in [0.717, 1.165) is 18.2 Å². The van der Waals surface area contributed by atoms with E-state index in [-0.39, 0.29) is 22.4 Å². The van der Waals surface area contributed by atoms with Gasteiger partial charge in [-0.1, -0.05) is 6.07 Å². The van der Waals surface area contributed by atoms with Gasteiger partial charge >= 0.3 is 12.1 Å². The average molecular weight is 451 g/mol. The Morgan fingerprint density at radius 3 is 2.32 bits per heavy atom. The fourth-order valence-corrected chi connectivity index (χ4v) is 4.61. The Kier molecular flexibility index (Phi) is 6.03. The van der Waals surface area contributed by atoms with Crippen LogP contribution < -0.4 is 4.74 Å². The molecule has 0 aliphatic carbocycles. The molecule has 3 aromatic rings. The van der Waals surface area contributed by atoms with Crippen LogP contribution >= 0.6 is 0 Å². The van der Waals surface area contributed by atoms with E-state index in [0.29, 0.717) is 5.56 Å². The van der Waals surface area contributed by atoms with Crippen LogP contribution in [0.1, 0.15) is 21.5 Å². The molecule has 0 aliphatic rings. The van der Waals surface area contributed by atoms with Crippen LogP contribution in [0.3, 0.4) is 0 Å². The van der Waals surface area contributed by atoms with Crippen LogP contribution in [0.4, 0.5) is 13.2 Å². The number of rotatable bonds is 6. The number of carboxylic acid groups (broad SMARTS) is 1. The highest BCUT2D eigenvalue weighted by molar-refractivity contribution is 7.90. The minimum atomic E-state index is -4.67. The third-order valence-electron chi connectivity index (χ3n) is 4.52. The van der Waals surface area contributed by atoms with Gasteiger partial charge in [0.15, 0.2) is 9.84 Å². The zero-order valence-corrected chi connectivity index (χ0v) is 16.9. The Bertz CT molecular complexity index is 1230. The quantitative estimate of drug-likeness (QED) is 0.595. The van der Waals surface area contributed by atoms with E-state index >= 15 is 0 Å². The van der Waals surface area contributed by atoms with Crippen molar-refractivity contribution in [2.24, 2.45) is 0 Å². The van der Waals surface area contributed by atoms with E-state index in [1.807, 2.05) is 0 Å². The largest absolute Gasteiger partial charge is 0.495 e. The molecule has 0 radical (unpaired) electrons. The van der Waals surface area contributed by atoms with Crippen LogP contribution in [0, 0.1) is 0 Å². The van der Waals surface area contributed by atoms with Crippen LogP contribution in [-0.4, -0.2) is 31.6 Å². The Morgan fingerprint density at radius 1 is 1.06 bits per heavy atom. The lowest BCUT2D eigenvalue weighted by atomic mass is 9.99. The van der Waals surface area contributed by atoms with Crippen molar-refractivity contribution < 1.29 is 36.2 Å². The van der Waals surface area contributed by atoms with Crippen molar-refractivity contribution in [1.29, 1.82) is 0 Å². The second kappa shape index (κ2) is 8.38. The third kappa shape index (κ3) is 4.85. The van der Waals surface area contributed by atoms with Gasteiger partial charge < -0.3 is 9.84 Å². The topological polar surface area (TPSA) is 93.6 Å². The van der Waals surface area contributed by atoms with Gasteiger partial charge in [0.25, 0.3) is 0 Å². The summed E-state index contributed by atoms with van der Waals surface area (Å²) in [6.07, 6.45) is -1.80. The molecule has 0 amide bonds. The Labute approximate surface area is 175 Å². The predicted molar refractivity (Wildman–Crippen MR) is 106 cm³/mol. The Hall–Kier alpha value is -3.40. The van der Waals surface area contributed by atoms with Crippen molar-refractivity contribution in [3.05, 3.63) is 77.6 Å². The smallest absolute Gasteiger partial charge is 0.416 e. The monoisotopic (exact) mass is 451 g/mol. The molecule has 1 heterocycles. The highest BCUT2D eigenvalue weighted by atomic mass is 32.2. The molecule has 1 N–H and O–H groups in total. The highest BCUT2D eigenvalue weighted by Gasteiger charge is 2.32. The number of benzene rings is 2. The first-order valence-corrected chi connectivity index (χ1v) is 10.4. The summed E-state index contributed by atoms with van der Waals surface area (Å²) in [5.74, 6) is -2.26. The van der Waals surface area contributed by atoms with Crippen molar-refractivity contribution in [2.45, 2.75) is 16.8 Å². The molecule has 10 heteroatoms. The van der Waals surface area contributed by atoms with Gasteiger partial charge in [0, 0.05) is 12.4 Å². The molecular weight excluding hydrogens is 435 g/mol. The minimum Gasteiger partial charge on any atom is -0.495 e. The second-order valence-electron chi connectivity index (χ2n) is 6.54. The number of carboxylic acids is 1. The molecule has 0 fully saturated rings. The van der Waals surface area contributed by atoms with E-state index in [2.05, 4.69) is 4.98 Å². The first kappa shape index (κ1) is 22.3. The summed E-state index contributed by atoms with van der Waals surface area (Å²) in [5, 5.41) is 9.18. The van der Waals surface area contributed by atoms with Crippen LogP contribution in [0.5, 0.6) is 5.75 Å². The number of methoxy groups -OCH3 is 1. The van der Waals surface area contributed by atoms with Gasteiger partial charge in [-0.05, 0) is 59.2 Å². The first-order chi connectivity index (χ1) is 14.5. The van der Waals surface area contributed by atoms with Gasteiger partial charge in [-0.2, -0.15) is 13.2 Å². The maximum atomic E-state index is 13.3. The summed E-state index contributed by atoms with van der Waals surface area (Å²) >= 11 is 0. The van der Waals surface area contributed by atoms with Gasteiger partial charge in [-0.25, -0.2) is 13.2 Å². The zero-order chi connectivity index (χ0) is 22.8. The number of ether oxygens (including phenoxy) is 1. The number of alkyl halides is 3. The van der Waals surface area contributed by atoms with Crippen LogP contribution in [-0.2, 0) is 21.8 Å². The number of aromatic nitrogens is 1. The predicted octanol–water partition coefficient (Wildman–Crippen LogP) is 4.45. The van der Waals surface area contributed by atoms with E-state index < -0.39 is 38.2 Å². The van der Waals surface area contributed by atoms with Gasteiger partial charge in [0.05, 0.1) is 24.0 Å². The lowest BCUT2D eigenvalue weighted by Gasteiger charge is -2.15. The van der Waals surface area contributed by atoms with Crippen LogP contribution in [0.25, 0.3) is 11.1 Å². The molecule has 0 unspecified atom stereocenters. The molecular formula is C21H16F3NO5S. The molecule has 0 saturated carbocycles. The maximum absolute atomic E-state index is 13.3. The minimum absolute atomic E-state index is 0.0937. The van der Waals surface area contributed by atoms with Crippen LogP contribution in [0.15, 0.2) is 65.8 Å². The lowest BCUT2D eigenvalue weighted by Crippen LogP contribution is -2.11. The number of pyridine rings is 1. The number of nitrogens with zero attached hydrogens (tertiary/aromatic N) is 1. The number of halogens is 3. The summed E-state index contributed by atoms with van der Waals surface area (Å²) in [4.78, 5) is 14.7. The second-order valence-corrected chi connectivity index (χ2v) is 8.49. The standard InChI is InChI=1S/C21H16F3NO5S/c1-30-18-5-2-14(20(26)27)11-19(18)31(28,29)12-15-10-16(21(22,23)24)3-4-17(15)13-6-8-25-9-7-13/h2-11H,12H2,1H3,(H,26,27). The summed E-state index contributed by atoms with van der Waals surface area (Å²) in [7, 11) is -3.07. The van der Waals surface area contributed by atoms with Gasteiger partial charge in [0.2, 0.25) is 0 Å². The van der Waals surface area contributed by atoms with Crippen molar-refractivity contribution >= 4 is 15.8 Å². The van der Waals surface area contributed by atoms with Crippen molar-refractivity contribution in [3.63, 3.8) is 0 Å². The van der Waals surface area contributed by atoms with Gasteiger partial charge in [0.1, 0.15) is 10.6 Å². The third-order valence-corrected chi connectivity index (χ3v) is 6.20. The summed E-state index contributed by atoms with van der Waals surface area (Å²) in [5.41, 5.74) is -0.615. The van der Waals surface area contributed by atoms with Crippen molar-refractivity contribution in [2.75, 3.05) is 7.11 Å². The Balaban J connectivity index is 2.17. The molecule has 31 heavy (non-hydrogen) atoms. The highest BCUT2D eigenvalue weighted by Crippen LogP contribution is 2.36. The summed E-state index contributed by atoms with van der Waals surface area (Å²) in [6, 6.07) is 9.23. The number of aromatic carboxylic acids is 1. The Morgan fingerprint density at radius 2 is 1.74 bits per heavy atom. The molecule has 6 nitrogen and oxygen atoms in total. The molecule has 0 bridgehead atoms. The first-order valence-electron chi connectivity index (χ1n) is 8.77. The van der Waals surface area contributed by atoms with Crippen molar-refractivity contribution in [3.8, 4) is 16.9 Å². The lowest BCUT2D eigenvalue weighted by molar-refractivity contribution is -0.137. The molecule has 0 spiro atoms. The molecule has 0 atom stereocenters. The summed E-state index contributed by atoms with van der Waals surface area (Å²) < 4.78 is 71.1. The molecule has 0 saturated heterocycles. The number of hydrogen-bond acceptors (Lipinski definition) is 5. The molecule has 2 aromatic carbocycles. The molecule has 1 aromatic heterocycles. The molecule has 162 valence electrons. The van der Waals surface area contributed by atoms with E-state index in [1.54, 1.807) is 12.1 Å². The van der Waals surface area contributed by atoms with Crippen molar-refractivity contribution in [1.82, 2.24) is 4.98 Å². The number of hydrogen-bond donors (Lipinski definition) is 1. The van der Waals surface area contributed by atoms with E-state index in [4.69, 9.17) is 4.74 Å². The maximum Gasteiger partial charge on any atom is 0.416 e. The SMILES string of the molecule is COc1ccc(C(=O)O)cc1S(=O)(=O)Cc1cc(C(F)(F)F)ccc1-c1ccncc1. The number of carbonyl (C=O) groups is 1. The fraction of sp³-hybridized carbons (Fsp3) is 0.143. The van der Waals surface area contributed by atoms with Crippen LogP contribution in [0.2, 0.25) is 0 Å².